The number of carbonyl (C=O) groups excluding carboxylic acids is 1. The van der Waals surface area contributed by atoms with Gasteiger partial charge in [-0.2, -0.15) is 9.78 Å². The van der Waals surface area contributed by atoms with E-state index in [1.165, 1.54) is 10.2 Å². The lowest BCUT2D eigenvalue weighted by Crippen LogP contribution is -2.14. The Kier molecular flexibility index (Phi) is 5.93. The lowest BCUT2D eigenvalue weighted by molar-refractivity contribution is 0.102. The zero-order valence-corrected chi connectivity index (χ0v) is 20.0. The molecular weight excluding hydrogens is 460 g/mol. The first kappa shape index (κ1) is 22.6. The van der Waals surface area contributed by atoms with Crippen LogP contribution in [0.4, 0.5) is 11.5 Å². The summed E-state index contributed by atoms with van der Waals surface area (Å²) in [6.45, 7) is 4.30. The molecule has 5 rings (SSSR count). The van der Waals surface area contributed by atoms with Crippen molar-refractivity contribution in [2.24, 2.45) is 5.10 Å². The van der Waals surface area contributed by atoms with Crippen molar-refractivity contribution in [1.29, 1.82) is 0 Å². The molecule has 3 aromatic carbocycles. The van der Waals surface area contributed by atoms with Crippen molar-refractivity contribution >= 4 is 57.4 Å². The number of hydrogen-bond donors (Lipinski definition) is 2. The molecule has 0 fully saturated rings. The number of anilines is 2. The van der Waals surface area contributed by atoms with Crippen molar-refractivity contribution < 1.29 is 4.79 Å². The van der Waals surface area contributed by atoms with Crippen LogP contribution < -0.4 is 11.1 Å². The Morgan fingerprint density at radius 2 is 1.66 bits per heavy atom. The molecule has 35 heavy (non-hydrogen) atoms. The molecule has 0 radical (unpaired) electrons. The van der Waals surface area contributed by atoms with Gasteiger partial charge in [-0.1, -0.05) is 61.8 Å². The van der Waals surface area contributed by atoms with Gasteiger partial charge in [0, 0.05) is 10.7 Å². The van der Waals surface area contributed by atoms with E-state index in [4.69, 9.17) is 27.3 Å². The molecule has 2 aromatic heterocycles. The predicted molar refractivity (Wildman–Crippen MR) is 142 cm³/mol. The molecule has 3 N–H and O–H groups in total. The number of halogens is 1. The van der Waals surface area contributed by atoms with Gasteiger partial charge in [0.1, 0.15) is 16.9 Å². The number of amides is 1. The summed E-state index contributed by atoms with van der Waals surface area (Å²) in [6, 6.07) is 22.4. The second-order valence-electron chi connectivity index (χ2n) is 8.48. The number of nitrogens with one attached hydrogen (secondary N) is 1. The summed E-state index contributed by atoms with van der Waals surface area (Å²) >= 11 is 5.97. The van der Waals surface area contributed by atoms with E-state index in [0.717, 1.165) is 5.56 Å². The van der Waals surface area contributed by atoms with E-state index in [0.29, 0.717) is 38.8 Å². The molecule has 0 bridgehead atoms. The summed E-state index contributed by atoms with van der Waals surface area (Å²) in [6.07, 6.45) is 1.69. The maximum Gasteiger partial charge on any atom is 0.261 e. The van der Waals surface area contributed by atoms with Crippen LogP contribution >= 0.6 is 11.6 Å². The van der Waals surface area contributed by atoms with Gasteiger partial charge in [-0.05, 0) is 53.4 Å². The third kappa shape index (κ3) is 4.46. The van der Waals surface area contributed by atoms with Crippen LogP contribution in [-0.2, 0) is 0 Å². The average Bonchev–Trinajstić information content (AvgIpc) is 3.13. The standard InChI is InChI=1S/C27H23ClN6O/c1-16(2)18-9-7-17(8-10-18)15-30-34-25(29)23(27(35)31-20-13-11-19(28)12-14-20)24-26(34)33-22-6-4-3-5-21(22)32-24/h3-16H,29H2,1-2H3,(H,31,35)/b30-15-. The number of nitrogens with two attached hydrogens (primary N) is 1. The van der Waals surface area contributed by atoms with Crippen LogP contribution in [0.5, 0.6) is 0 Å². The highest BCUT2D eigenvalue weighted by atomic mass is 35.5. The first-order valence-electron chi connectivity index (χ1n) is 11.2. The number of nitrogens with zero attached hydrogens (tertiary/aromatic N) is 4. The van der Waals surface area contributed by atoms with Crippen molar-refractivity contribution in [3.63, 3.8) is 0 Å². The Morgan fingerprint density at radius 3 is 2.31 bits per heavy atom. The maximum atomic E-state index is 13.3. The summed E-state index contributed by atoms with van der Waals surface area (Å²) < 4.78 is 1.46. The van der Waals surface area contributed by atoms with Crippen molar-refractivity contribution in [3.8, 4) is 0 Å². The third-order valence-electron chi connectivity index (χ3n) is 5.73. The molecule has 0 atom stereocenters. The van der Waals surface area contributed by atoms with Crippen LogP contribution in [-0.4, -0.2) is 26.8 Å². The van der Waals surface area contributed by atoms with Gasteiger partial charge >= 0.3 is 0 Å². The number of aromatic nitrogens is 3. The van der Waals surface area contributed by atoms with Gasteiger partial charge in [0.05, 0.1) is 17.2 Å². The highest BCUT2D eigenvalue weighted by Gasteiger charge is 2.24. The van der Waals surface area contributed by atoms with Gasteiger partial charge in [-0.25, -0.2) is 9.97 Å². The summed E-state index contributed by atoms with van der Waals surface area (Å²) in [4.78, 5) is 22.7. The van der Waals surface area contributed by atoms with E-state index in [9.17, 15) is 4.79 Å². The van der Waals surface area contributed by atoms with E-state index in [1.807, 2.05) is 36.4 Å². The molecule has 174 valence electrons. The number of para-hydroxylation sites is 2. The Labute approximate surface area is 207 Å². The number of hydrogen-bond acceptors (Lipinski definition) is 5. The lowest BCUT2D eigenvalue weighted by atomic mass is 10.0. The third-order valence-corrected chi connectivity index (χ3v) is 5.98. The summed E-state index contributed by atoms with van der Waals surface area (Å²) in [5, 5.41) is 8.01. The molecule has 0 aliphatic rings. The minimum atomic E-state index is -0.408. The van der Waals surface area contributed by atoms with Gasteiger partial charge in [-0.3, -0.25) is 4.79 Å². The Balaban J connectivity index is 1.61. The van der Waals surface area contributed by atoms with E-state index in [-0.39, 0.29) is 11.4 Å². The van der Waals surface area contributed by atoms with Crippen LogP contribution in [0.1, 0.15) is 41.3 Å². The summed E-state index contributed by atoms with van der Waals surface area (Å²) in [5.74, 6) is 0.182. The number of carbonyl (C=O) groups is 1. The van der Waals surface area contributed by atoms with Crippen molar-refractivity contribution in [2.45, 2.75) is 19.8 Å². The van der Waals surface area contributed by atoms with Crippen molar-refractivity contribution in [1.82, 2.24) is 14.6 Å². The maximum absolute atomic E-state index is 13.3. The zero-order chi connectivity index (χ0) is 24.5. The zero-order valence-electron chi connectivity index (χ0n) is 19.2. The smallest absolute Gasteiger partial charge is 0.261 e. The Morgan fingerprint density at radius 1 is 1.00 bits per heavy atom. The minimum absolute atomic E-state index is 0.150. The molecule has 0 saturated heterocycles. The van der Waals surface area contributed by atoms with E-state index >= 15 is 0 Å². The van der Waals surface area contributed by atoms with Gasteiger partial charge in [0.2, 0.25) is 0 Å². The molecule has 0 saturated carbocycles. The Hall–Kier alpha value is -4.23. The fraction of sp³-hybridized carbons (Fsp3) is 0.111. The number of rotatable bonds is 5. The van der Waals surface area contributed by atoms with Gasteiger partial charge in [0.15, 0.2) is 5.65 Å². The molecule has 7 nitrogen and oxygen atoms in total. The first-order valence-corrected chi connectivity index (χ1v) is 11.6. The Bertz CT molecular complexity index is 1570. The first-order chi connectivity index (χ1) is 16.9. The van der Waals surface area contributed by atoms with Crippen LogP contribution in [0.3, 0.4) is 0 Å². The normalized spacial score (nSPS) is 11.7. The van der Waals surface area contributed by atoms with Crippen LogP contribution in [0, 0.1) is 0 Å². The summed E-state index contributed by atoms with van der Waals surface area (Å²) in [5.41, 5.74) is 11.5. The van der Waals surface area contributed by atoms with Crippen LogP contribution in [0.15, 0.2) is 77.9 Å². The van der Waals surface area contributed by atoms with Gasteiger partial charge < -0.3 is 11.1 Å². The van der Waals surface area contributed by atoms with E-state index in [2.05, 4.69) is 36.4 Å². The average molecular weight is 483 g/mol. The number of fused-ring (bicyclic) bond motifs is 2. The largest absolute Gasteiger partial charge is 0.383 e. The monoisotopic (exact) mass is 482 g/mol. The second kappa shape index (κ2) is 9.19. The molecule has 2 heterocycles. The molecule has 0 spiro atoms. The molecule has 8 heteroatoms. The number of nitrogen functional groups attached to an aromatic ring is 1. The van der Waals surface area contributed by atoms with Crippen molar-refractivity contribution in [3.05, 3.63) is 94.5 Å². The van der Waals surface area contributed by atoms with Crippen LogP contribution in [0.25, 0.3) is 22.2 Å². The van der Waals surface area contributed by atoms with Crippen LogP contribution in [0.2, 0.25) is 5.02 Å². The second-order valence-corrected chi connectivity index (χ2v) is 8.92. The predicted octanol–water partition coefficient (Wildman–Crippen LogP) is 6.08. The minimum Gasteiger partial charge on any atom is -0.383 e. The lowest BCUT2D eigenvalue weighted by Gasteiger charge is -2.06. The summed E-state index contributed by atoms with van der Waals surface area (Å²) in [7, 11) is 0. The fourth-order valence-corrected chi connectivity index (χ4v) is 3.93. The molecule has 0 unspecified atom stereocenters. The van der Waals surface area contributed by atoms with Gasteiger partial charge in [0.25, 0.3) is 5.91 Å². The highest BCUT2D eigenvalue weighted by Crippen LogP contribution is 2.29. The van der Waals surface area contributed by atoms with E-state index < -0.39 is 5.91 Å². The topological polar surface area (TPSA) is 98.2 Å². The van der Waals surface area contributed by atoms with Crippen molar-refractivity contribution in [2.75, 3.05) is 11.1 Å². The molecule has 5 aromatic rings. The molecule has 0 aliphatic heterocycles. The fourth-order valence-electron chi connectivity index (χ4n) is 3.81. The highest BCUT2D eigenvalue weighted by molar-refractivity contribution is 6.30. The quantitative estimate of drug-likeness (QED) is 0.296. The number of benzene rings is 3. The van der Waals surface area contributed by atoms with E-state index in [1.54, 1.807) is 30.5 Å². The van der Waals surface area contributed by atoms with Gasteiger partial charge in [-0.15, -0.1) is 0 Å². The SMILES string of the molecule is CC(C)c1ccc(/C=N\n2c(N)c(C(=O)Nc3ccc(Cl)cc3)c3nc4ccccc4nc32)cc1. The molecular formula is C27H23ClN6O. The molecule has 0 aliphatic carbocycles. The molecule has 1 amide bonds.